The van der Waals surface area contributed by atoms with Crippen LogP contribution in [0.4, 0.5) is 5.13 Å². The van der Waals surface area contributed by atoms with Crippen LogP contribution in [-0.2, 0) is 0 Å². The Balaban J connectivity index is 1.48. The summed E-state index contributed by atoms with van der Waals surface area (Å²) in [6.45, 7) is 0. The second-order valence-corrected chi connectivity index (χ2v) is 8.35. The predicted molar refractivity (Wildman–Crippen MR) is 136 cm³/mol. The fraction of sp³-hybridized carbons (Fsp3) is 0.0741. The van der Waals surface area contributed by atoms with Crippen molar-refractivity contribution in [2.45, 2.75) is 0 Å². The number of nitrogens with one attached hydrogen (secondary N) is 1. The highest BCUT2D eigenvalue weighted by atomic mass is 32.1. The summed E-state index contributed by atoms with van der Waals surface area (Å²) in [5, 5.41) is 6.13. The molecule has 2 aromatic heterocycles. The number of benzene rings is 3. The molecule has 7 heteroatoms. The zero-order chi connectivity index (χ0) is 23.5. The van der Waals surface area contributed by atoms with Crippen molar-refractivity contribution < 1.29 is 14.3 Å². The summed E-state index contributed by atoms with van der Waals surface area (Å²) in [6.07, 6.45) is 0. The first kappa shape index (κ1) is 21.6. The van der Waals surface area contributed by atoms with Crippen LogP contribution < -0.4 is 14.8 Å². The van der Waals surface area contributed by atoms with E-state index in [4.69, 9.17) is 14.5 Å². The zero-order valence-corrected chi connectivity index (χ0v) is 19.4. The van der Waals surface area contributed by atoms with Gasteiger partial charge in [-0.05, 0) is 24.3 Å². The molecule has 0 bridgehead atoms. The van der Waals surface area contributed by atoms with E-state index in [0.29, 0.717) is 27.9 Å². The summed E-state index contributed by atoms with van der Waals surface area (Å²) < 4.78 is 10.8. The summed E-state index contributed by atoms with van der Waals surface area (Å²) in [4.78, 5) is 22.7. The minimum Gasteiger partial charge on any atom is -0.497 e. The zero-order valence-electron chi connectivity index (χ0n) is 18.6. The van der Waals surface area contributed by atoms with Crippen LogP contribution >= 0.6 is 11.3 Å². The quantitative estimate of drug-likeness (QED) is 0.317. The van der Waals surface area contributed by atoms with Gasteiger partial charge in [0.15, 0.2) is 5.13 Å². The third-order valence-corrected chi connectivity index (χ3v) is 6.20. The molecule has 1 N–H and O–H groups in total. The van der Waals surface area contributed by atoms with E-state index in [2.05, 4.69) is 10.3 Å². The molecule has 6 nitrogen and oxygen atoms in total. The number of hydrogen-bond acceptors (Lipinski definition) is 6. The number of carbonyl (C=O) groups is 1. The van der Waals surface area contributed by atoms with Crippen molar-refractivity contribution in [2.75, 3.05) is 19.5 Å². The van der Waals surface area contributed by atoms with Gasteiger partial charge in [-0.2, -0.15) is 0 Å². The van der Waals surface area contributed by atoms with E-state index >= 15 is 0 Å². The fourth-order valence-electron chi connectivity index (χ4n) is 3.75. The summed E-state index contributed by atoms with van der Waals surface area (Å²) in [5.41, 5.74) is 4.53. The topological polar surface area (TPSA) is 73.3 Å². The van der Waals surface area contributed by atoms with Crippen molar-refractivity contribution in [1.29, 1.82) is 0 Å². The number of carbonyl (C=O) groups excluding carboxylic acids is 1. The molecule has 3 aromatic carbocycles. The van der Waals surface area contributed by atoms with Gasteiger partial charge < -0.3 is 9.47 Å². The number of para-hydroxylation sites is 1. The number of methoxy groups -OCH3 is 2. The van der Waals surface area contributed by atoms with Crippen molar-refractivity contribution in [3.8, 4) is 34.0 Å². The Morgan fingerprint density at radius 2 is 1.65 bits per heavy atom. The SMILES string of the molecule is COc1ccc(-c2csc(NC(=O)c3cc(-c4ccccc4)nc4ccccc34)n2)c(OC)c1. The molecule has 168 valence electrons. The number of fused-ring (bicyclic) bond motifs is 1. The lowest BCUT2D eigenvalue weighted by atomic mass is 10.0. The van der Waals surface area contributed by atoms with Gasteiger partial charge in [-0.15, -0.1) is 11.3 Å². The fourth-order valence-corrected chi connectivity index (χ4v) is 4.46. The van der Waals surface area contributed by atoms with Crippen LogP contribution in [0.1, 0.15) is 10.4 Å². The van der Waals surface area contributed by atoms with Gasteiger partial charge in [0, 0.05) is 28.0 Å². The number of hydrogen-bond donors (Lipinski definition) is 1. The monoisotopic (exact) mass is 467 g/mol. The number of aromatic nitrogens is 2. The largest absolute Gasteiger partial charge is 0.497 e. The standard InChI is InChI=1S/C27H21N3O3S/c1-32-18-12-13-20(25(14-18)33-2)24-16-34-27(29-24)30-26(31)21-15-23(17-8-4-3-5-9-17)28-22-11-7-6-10-19(21)22/h3-16H,1-2H3,(H,29,30,31). The number of pyridine rings is 1. The summed E-state index contributed by atoms with van der Waals surface area (Å²) >= 11 is 1.36. The van der Waals surface area contributed by atoms with Crippen molar-refractivity contribution in [2.24, 2.45) is 0 Å². The van der Waals surface area contributed by atoms with Gasteiger partial charge in [0.05, 0.1) is 36.7 Å². The maximum Gasteiger partial charge on any atom is 0.258 e. The Morgan fingerprint density at radius 1 is 0.853 bits per heavy atom. The average molecular weight is 468 g/mol. The maximum atomic E-state index is 13.4. The van der Waals surface area contributed by atoms with Gasteiger partial charge in [0.1, 0.15) is 11.5 Å². The molecule has 0 fully saturated rings. The van der Waals surface area contributed by atoms with Crippen LogP contribution in [0.15, 0.2) is 84.2 Å². The molecule has 0 atom stereocenters. The minimum atomic E-state index is -0.238. The first-order valence-electron chi connectivity index (χ1n) is 10.6. The van der Waals surface area contributed by atoms with E-state index < -0.39 is 0 Å². The molecule has 0 saturated carbocycles. The van der Waals surface area contributed by atoms with Crippen molar-refractivity contribution in [3.05, 3.63) is 89.8 Å². The summed E-state index contributed by atoms with van der Waals surface area (Å²) in [7, 11) is 3.21. The molecular weight excluding hydrogens is 446 g/mol. The molecule has 0 unspecified atom stereocenters. The Kier molecular flexibility index (Phi) is 5.93. The number of thiazole rings is 1. The number of amides is 1. The first-order valence-corrected chi connectivity index (χ1v) is 11.5. The van der Waals surface area contributed by atoms with Gasteiger partial charge in [-0.3, -0.25) is 10.1 Å². The number of nitrogens with zero attached hydrogens (tertiary/aromatic N) is 2. The van der Waals surface area contributed by atoms with Gasteiger partial charge in [-0.1, -0.05) is 48.5 Å². The highest BCUT2D eigenvalue weighted by molar-refractivity contribution is 7.14. The molecule has 0 aliphatic rings. The Bertz CT molecular complexity index is 1480. The molecule has 0 spiro atoms. The highest BCUT2D eigenvalue weighted by Gasteiger charge is 2.17. The minimum absolute atomic E-state index is 0.238. The summed E-state index contributed by atoms with van der Waals surface area (Å²) in [6, 6.07) is 24.8. The third-order valence-electron chi connectivity index (χ3n) is 5.44. The van der Waals surface area contributed by atoms with E-state index in [1.165, 1.54) is 11.3 Å². The van der Waals surface area contributed by atoms with E-state index in [0.717, 1.165) is 27.7 Å². The molecule has 34 heavy (non-hydrogen) atoms. The predicted octanol–water partition coefficient (Wildman–Crippen LogP) is 6.29. The molecular formula is C27H21N3O3S. The third kappa shape index (κ3) is 4.21. The second kappa shape index (κ2) is 9.33. The Labute approximate surface area is 200 Å². The summed E-state index contributed by atoms with van der Waals surface area (Å²) in [5.74, 6) is 1.11. The van der Waals surface area contributed by atoms with Crippen LogP contribution in [0.25, 0.3) is 33.4 Å². The molecule has 1 amide bonds. The molecule has 5 aromatic rings. The van der Waals surface area contributed by atoms with Crippen LogP contribution in [0.2, 0.25) is 0 Å². The van der Waals surface area contributed by atoms with Gasteiger partial charge in [0.25, 0.3) is 5.91 Å². The lowest BCUT2D eigenvalue weighted by Crippen LogP contribution is -2.13. The van der Waals surface area contributed by atoms with Gasteiger partial charge >= 0.3 is 0 Å². The normalized spacial score (nSPS) is 10.8. The molecule has 2 heterocycles. The molecule has 0 aliphatic carbocycles. The Morgan fingerprint density at radius 3 is 2.44 bits per heavy atom. The van der Waals surface area contributed by atoms with E-state index in [-0.39, 0.29) is 5.91 Å². The second-order valence-electron chi connectivity index (χ2n) is 7.50. The van der Waals surface area contributed by atoms with Crippen LogP contribution in [-0.4, -0.2) is 30.1 Å². The van der Waals surface area contributed by atoms with Crippen molar-refractivity contribution in [3.63, 3.8) is 0 Å². The van der Waals surface area contributed by atoms with Gasteiger partial charge in [-0.25, -0.2) is 9.97 Å². The number of rotatable bonds is 6. The van der Waals surface area contributed by atoms with Crippen molar-refractivity contribution >= 4 is 33.3 Å². The number of ether oxygens (including phenoxy) is 2. The van der Waals surface area contributed by atoms with E-state index in [1.54, 1.807) is 20.3 Å². The molecule has 0 aliphatic heterocycles. The average Bonchev–Trinajstić information content (AvgIpc) is 3.36. The van der Waals surface area contributed by atoms with Crippen LogP contribution in [0.3, 0.4) is 0 Å². The maximum absolute atomic E-state index is 13.4. The molecule has 0 saturated heterocycles. The lowest BCUT2D eigenvalue weighted by molar-refractivity contribution is 0.102. The van der Waals surface area contributed by atoms with Crippen molar-refractivity contribution in [1.82, 2.24) is 9.97 Å². The highest BCUT2D eigenvalue weighted by Crippen LogP contribution is 2.35. The number of anilines is 1. The van der Waals surface area contributed by atoms with Crippen LogP contribution in [0, 0.1) is 0 Å². The van der Waals surface area contributed by atoms with Crippen LogP contribution in [0.5, 0.6) is 11.5 Å². The van der Waals surface area contributed by atoms with E-state index in [9.17, 15) is 4.79 Å². The first-order chi connectivity index (χ1) is 16.7. The van der Waals surface area contributed by atoms with E-state index in [1.807, 2.05) is 78.2 Å². The molecule has 5 rings (SSSR count). The molecule has 0 radical (unpaired) electrons. The lowest BCUT2D eigenvalue weighted by Gasteiger charge is -2.10. The Hall–Kier alpha value is -4.23. The smallest absolute Gasteiger partial charge is 0.258 e. The van der Waals surface area contributed by atoms with Gasteiger partial charge in [0.2, 0.25) is 0 Å².